The smallest absolute Gasteiger partial charge is 0.264 e. The fraction of sp³-hybridized carbons (Fsp3) is 0.355. The molecule has 2 amide bonds. The lowest BCUT2D eigenvalue weighted by Gasteiger charge is -2.32. The van der Waals surface area contributed by atoms with Crippen LogP contribution in [-0.4, -0.2) is 44.3 Å². The lowest BCUT2D eigenvalue weighted by atomic mass is 10.1. The number of hydrogen-bond acceptors (Lipinski definition) is 4. The van der Waals surface area contributed by atoms with Crippen molar-refractivity contribution in [3.05, 3.63) is 94.0 Å². The van der Waals surface area contributed by atoms with Crippen molar-refractivity contribution in [2.75, 3.05) is 17.4 Å². The number of nitrogens with zero attached hydrogens (tertiary/aromatic N) is 2. The third kappa shape index (κ3) is 7.64. The second-order valence-corrected chi connectivity index (χ2v) is 12.3. The molecule has 3 aromatic rings. The standard InChI is InChI=1S/C31H38ClN3O4S/c1-6-7-18-33-31(37)25(5)34(20-26-11-9-8-10-23(26)3)30(36)21-35(27-15-14-24(4)29(32)19-27)40(38,39)28-16-12-22(2)13-17-28/h8-17,19,25H,6-7,18,20-21H2,1-5H3,(H,33,37)/t25-/m0/s1. The Morgan fingerprint density at radius 1 is 0.950 bits per heavy atom. The summed E-state index contributed by atoms with van der Waals surface area (Å²) < 4.78 is 28.9. The van der Waals surface area contributed by atoms with Crippen LogP contribution in [0.5, 0.6) is 0 Å². The number of carbonyl (C=O) groups excluding carboxylic acids is 2. The number of unbranched alkanes of at least 4 members (excludes halogenated alkanes) is 1. The average molecular weight is 584 g/mol. The van der Waals surface area contributed by atoms with E-state index in [1.807, 2.05) is 52.0 Å². The van der Waals surface area contributed by atoms with Gasteiger partial charge in [-0.3, -0.25) is 13.9 Å². The molecule has 0 fully saturated rings. The Hall–Kier alpha value is -3.36. The third-order valence-corrected chi connectivity index (χ3v) is 9.13. The quantitative estimate of drug-likeness (QED) is 0.273. The summed E-state index contributed by atoms with van der Waals surface area (Å²) in [6.45, 7) is 9.47. The molecule has 9 heteroatoms. The predicted octanol–water partition coefficient (Wildman–Crippen LogP) is 5.79. The van der Waals surface area contributed by atoms with Crippen LogP contribution in [0.4, 0.5) is 5.69 Å². The summed E-state index contributed by atoms with van der Waals surface area (Å²) in [6.07, 6.45) is 1.74. The van der Waals surface area contributed by atoms with E-state index in [-0.39, 0.29) is 23.0 Å². The number of carbonyl (C=O) groups is 2. The van der Waals surface area contributed by atoms with E-state index in [4.69, 9.17) is 11.6 Å². The van der Waals surface area contributed by atoms with Crippen molar-refractivity contribution in [1.82, 2.24) is 10.2 Å². The van der Waals surface area contributed by atoms with Crippen LogP contribution in [0.3, 0.4) is 0 Å². The van der Waals surface area contributed by atoms with Crippen molar-refractivity contribution in [3.63, 3.8) is 0 Å². The van der Waals surface area contributed by atoms with E-state index in [1.165, 1.54) is 17.0 Å². The van der Waals surface area contributed by atoms with Gasteiger partial charge in [-0.25, -0.2) is 8.42 Å². The number of amides is 2. The van der Waals surface area contributed by atoms with Gasteiger partial charge in [0.2, 0.25) is 11.8 Å². The van der Waals surface area contributed by atoms with Crippen molar-refractivity contribution in [1.29, 1.82) is 0 Å². The molecular weight excluding hydrogens is 546 g/mol. The maximum Gasteiger partial charge on any atom is 0.264 e. The number of aryl methyl sites for hydroxylation is 3. The fourth-order valence-electron chi connectivity index (χ4n) is 4.19. The van der Waals surface area contributed by atoms with Crippen LogP contribution < -0.4 is 9.62 Å². The van der Waals surface area contributed by atoms with E-state index in [9.17, 15) is 18.0 Å². The second-order valence-electron chi connectivity index (χ2n) is 10.0. The predicted molar refractivity (Wildman–Crippen MR) is 161 cm³/mol. The van der Waals surface area contributed by atoms with Crippen LogP contribution in [0.1, 0.15) is 48.9 Å². The highest BCUT2D eigenvalue weighted by molar-refractivity contribution is 7.92. The summed E-state index contributed by atoms with van der Waals surface area (Å²) in [5, 5.41) is 3.28. The van der Waals surface area contributed by atoms with E-state index in [0.29, 0.717) is 11.6 Å². The van der Waals surface area contributed by atoms with Crippen molar-refractivity contribution in [2.24, 2.45) is 0 Å². The number of halogens is 1. The van der Waals surface area contributed by atoms with Gasteiger partial charge in [-0.2, -0.15) is 0 Å². The van der Waals surface area contributed by atoms with Crippen LogP contribution in [0, 0.1) is 20.8 Å². The van der Waals surface area contributed by atoms with Gasteiger partial charge in [-0.1, -0.05) is 73.0 Å². The number of nitrogens with one attached hydrogen (secondary N) is 1. The van der Waals surface area contributed by atoms with E-state index in [1.54, 1.807) is 37.3 Å². The first kappa shape index (κ1) is 31.2. The highest BCUT2D eigenvalue weighted by Gasteiger charge is 2.32. The molecule has 0 unspecified atom stereocenters. The first-order chi connectivity index (χ1) is 18.9. The molecule has 1 N–H and O–H groups in total. The molecule has 0 heterocycles. The molecule has 0 spiro atoms. The summed E-state index contributed by atoms with van der Waals surface area (Å²) in [5.41, 5.74) is 3.79. The minimum absolute atomic E-state index is 0.0541. The van der Waals surface area contributed by atoms with E-state index in [2.05, 4.69) is 5.32 Å². The van der Waals surface area contributed by atoms with Gasteiger partial charge in [0.25, 0.3) is 10.0 Å². The minimum Gasteiger partial charge on any atom is -0.354 e. The zero-order valence-electron chi connectivity index (χ0n) is 23.8. The zero-order chi connectivity index (χ0) is 29.4. The minimum atomic E-state index is -4.15. The SMILES string of the molecule is CCCCNC(=O)[C@H](C)N(Cc1ccccc1C)C(=O)CN(c1ccc(C)c(Cl)c1)S(=O)(=O)c1ccc(C)cc1. The molecule has 214 valence electrons. The Morgan fingerprint density at radius 3 is 2.25 bits per heavy atom. The largest absolute Gasteiger partial charge is 0.354 e. The highest BCUT2D eigenvalue weighted by Crippen LogP contribution is 2.29. The van der Waals surface area contributed by atoms with Crippen molar-refractivity contribution in [2.45, 2.75) is 64.9 Å². The fourth-order valence-corrected chi connectivity index (χ4v) is 5.77. The highest BCUT2D eigenvalue weighted by atomic mass is 35.5. The number of sulfonamides is 1. The van der Waals surface area contributed by atoms with Gasteiger partial charge in [0, 0.05) is 18.1 Å². The molecule has 0 radical (unpaired) electrons. The number of rotatable bonds is 12. The molecular formula is C31H38ClN3O4S. The molecule has 0 bridgehead atoms. The van der Waals surface area contributed by atoms with Crippen LogP contribution >= 0.6 is 11.6 Å². The summed E-state index contributed by atoms with van der Waals surface area (Å²) in [4.78, 5) is 28.6. The Morgan fingerprint density at radius 2 is 1.62 bits per heavy atom. The summed E-state index contributed by atoms with van der Waals surface area (Å²) >= 11 is 6.38. The first-order valence-corrected chi connectivity index (χ1v) is 15.2. The van der Waals surface area contributed by atoms with E-state index >= 15 is 0 Å². The van der Waals surface area contributed by atoms with Crippen molar-refractivity contribution in [3.8, 4) is 0 Å². The summed E-state index contributed by atoms with van der Waals surface area (Å²) in [7, 11) is -4.15. The summed E-state index contributed by atoms with van der Waals surface area (Å²) in [6, 6.07) is 18.1. The Labute approximate surface area is 243 Å². The van der Waals surface area contributed by atoms with Crippen LogP contribution in [0.15, 0.2) is 71.6 Å². The Balaban J connectivity index is 2.03. The van der Waals surface area contributed by atoms with Gasteiger partial charge in [-0.05, 0) is 75.1 Å². The second kappa shape index (κ2) is 13.8. The third-order valence-electron chi connectivity index (χ3n) is 6.93. The lowest BCUT2D eigenvalue weighted by molar-refractivity contribution is -0.139. The monoisotopic (exact) mass is 583 g/mol. The molecule has 40 heavy (non-hydrogen) atoms. The molecule has 0 aliphatic rings. The Kier molecular flexibility index (Phi) is 10.8. The van der Waals surface area contributed by atoms with Gasteiger partial charge in [0.1, 0.15) is 12.6 Å². The maximum atomic E-state index is 14.0. The summed E-state index contributed by atoms with van der Waals surface area (Å²) in [5.74, 6) is -0.796. The average Bonchev–Trinajstić information content (AvgIpc) is 2.92. The molecule has 0 saturated heterocycles. The Bertz CT molecular complexity index is 1440. The van der Waals surface area contributed by atoms with Gasteiger partial charge >= 0.3 is 0 Å². The molecule has 3 aromatic carbocycles. The van der Waals surface area contributed by atoms with Crippen molar-refractivity contribution >= 4 is 39.1 Å². The topological polar surface area (TPSA) is 86.8 Å². The van der Waals surface area contributed by atoms with Crippen molar-refractivity contribution < 1.29 is 18.0 Å². The molecule has 0 aliphatic heterocycles. The van der Waals surface area contributed by atoms with Crippen LogP contribution in [0.2, 0.25) is 5.02 Å². The van der Waals surface area contributed by atoms with Gasteiger partial charge < -0.3 is 10.2 Å². The molecule has 7 nitrogen and oxygen atoms in total. The molecule has 0 saturated carbocycles. The lowest BCUT2D eigenvalue weighted by Crippen LogP contribution is -2.51. The van der Waals surface area contributed by atoms with E-state index < -0.39 is 28.5 Å². The van der Waals surface area contributed by atoms with Gasteiger partial charge in [0.15, 0.2) is 0 Å². The van der Waals surface area contributed by atoms with E-state index in [0.717, 1.165) is 39.4 Å². The molecule has 0 aromatic heterocycles. The van der Waals surface area contributed by atoms with Gasteiger partial charge in [0.05, 0.1) is 10.6 Å². The van der Waals surface area contributed by atoms with Crippen LogP contribution in [0.25, 0.3) is 0 Å². The number of anilines is 1. The molecule has 0 aliphatic carbocycles. The molecule has 3 rings (SSSR count). The maximum absolute atomic E-state index is 14.0. The zero-order valence-corrected chi connectivity index (χ0v) is 25.3. The molecule has 1 atom stereocenters. The number of hydrogen-bond donors (Lipinski definition) is 1. The first-order valence-electron chi connectivity index (χ1n) is 13.4. The normalized spacial score (nSPS) is 12.1. The number of benzene rings is 3. The van der Waals surface area contributed by atoms with Crippen LogP contribution in [-0.2, 0) is 26.2 Å². The van der Waals surface area contributed by atoms with Gasteiger partial charge in [-0.15, -0.1) is 0 Å².